The van der Waals surface area contributed by atoms with Gasteiger partial charge in [0, 0.05) is 19.7 Å². The molecular formula is C12H20N2O2. The minimum Gasteiger partial charge on any atom is -0.504 e. The third kappa shape index (κ3) is 3.02. The summed E-state index contributed by atoms with van der Waals surface area (Å²) in [7, 11) is 1.79. The summed E-state index contributed by atoms with van der Waals surface area (Å²) in [5, 5.41) is 18.7. The number of aromatic nitrogens is 1. The molecule has 1 aromatic heterocycles. The van der Waals surface area contributed by atoms with E-state index in [4.69, 9.17) is 0 Å². The van der Waals surface area contributed by atoms with Crippen molar-refractivity contribution in [3.8, 4) is 11.5 Å². The van der Waals surface area contributed by atoms with E-state index < -0.39 is 0 Å². The van der Waals surface area contributed by atoms with Gasteiger partial charge >= 0.3 is 0 Å². The molecule has 0 aliphatic carbocycles. The van der Waals surface area contributed by atoms with Crippen LogP contribution in [0.3, 0.4) is 0 Å². The molecule has 0 radical (unpaired) electrons. The zero-order valence-electron chi connectivity index (χ0n) is 10.3. The van der Waals surface area contributed by atoms with Crippen LogP contribution < -0.4 is 5.49 Å². The minimum absolute atomic E-state index is 0.127. The van der Waals surface area contributed by atoms with Gasteiger partial charge in [0.2, 0.25) is 0 Å². The lowest BCUT2D eigenvalue weighted by atomic mass is 9.99. The second-order valence-electron chi connectivity index (χ2n) is 4.58. The van der Waals surface area contributed by atoms with Gasteiger partial charge < -0.3 is 14.8 Å². The molecule has 0 aliphatic heterocycles. The minimum atomic E-state index is -0.131. The number of nitrogens with zero attached hydrogens (tertiary/aromatic N) is 2. The molecule has 4 nitrogen and oxygen atoms in total. The van der Waals surface area contributed by atoms with Gasteiger partial charge in [-0.25, -0.2) is 0 Å². The van der Waals surface area contributed by atoms with Gasteiger partial charge in [-0.05, 0) is 11.8 Å². The van der Waals surface area contributed by atoms with Crippen LogP contribution in [0.15, 0.2) is 17.3 Å². The summed E-state index contributed by atoms with van der Waals surface area (Å²) in [5.41, 5.74) is 0.669. The molecule has 0 aliphatic rings. The first kappa shape index (κ1) is 12.6. The van der Waals surface area contributed by atoms with Gasteiger partial charge in [-0.2, -0.15) is 0 Å². The number of aromatic hydroxyl groups is 2. The predicted molar refractivity (Wildman–Crippen MR) is 63.2 cm³/mol. The van der Waals surface area contributed by atoms with E-state index in [0.29, 0.717) is 17.3 Å². The smallest absolute Gasteiger partial charge is 0.174 e. The van der Waals surface area contributed by atoms with Crippen LogP contribution in [0.25, 0.3) is 0 Å². The van der Waals surface area contributed by atoms with Crippen LogP contribution in [-0.2, 0) is 7.05 Å². The molecule has 0 aromatic carbocycles. The molecule has 90 valence electrons. The third-order valence-electron chi connectivity index (χ3n) is 2.88. The van der Waals surface area contributed by atoms with Crippen LogP contribution in [0.2, 0.25) is 0 Å². The lowest BCUT2D eigenvalue weighted by Crippen LogP contribution is -2.19. The van der Waals surface area contributed by atoms with E-state index in [1.54, 1.807) is 11.6 Å². The Morgan fingerprint density at radius 2 is 1.88 bits per heavy atom. The fraction of sp³-hybridized carbons (Fsp3) is 0.583. The van der Waals surface area contributed by atoms with E-state index >= 15 is 0 Å². The molecule has 1 atom stereocenters. The molecule has 2 N–H and O–H groups in total. The zero-order valence-corrected chi connectivity index (χ0v) is 10.3. The topological polar surface area (TPSA) is 57.8 Å². The van der Waals surface area contributed by atoms with Crippen molar-refractivity contribution in [2.75, 3.05) is 6.54 Å². The number of hydrogen-bond donors (Lipinski definition) is 2. The van der Waals surface area contributed by atoms with Crippen molar-refractivity contribution in [3.05, 3.63) is 17.8 Å². The van der Waals surface area contributed by atoms with Gasteiger partial charge in [-0.15, -0.1) is 0 Å². The number of aryl methyl sites for hydroxylation is 1. The monoisotopic (exact) mass is 224 g/mol. The molecule has 4 heteroatoms. The average Bonchev–Trinajstić information content (AvgIpc) is 2.20. The SMILES string of the molecule is CC(C)[C@H](C)C/N=c1/cc(O)c(O)cn1C. The molecule has 0 saturated carbocycles. The molecule has 1 aromatic rings. The van der Waals surface area contributed by atoms with Crippen LogP contribution in [0.1, 0.15) is 20.8 Å². The highest BCUT2D eigenvalue weighted by Crippen LogP contribution is 2.19. The number of pyridine rings is 1. The molecule has 16 heavy (non-hydrogen) atoms. The van der Waals surface area contributed by atoms with Crippen molar-refractivity contribution in [1.82, 2.24) is 4.57 Å². The van der Waals surface area contributed by atoms with Crippen molar-refractivity contribution >= 4 is 0 Å². The Labute approximate surface area is 95.9 Å². The average molecular weight is 224 g/mol. The summed E-state index contributed by atoms with van der Waals surface area (Å²) in [5.74, 6) is 0.822. The first-order valence-corrected chi connectivity index (χ1v) is 5.51. The van der Waals surface area contributed by atoms with Gasteiger partial charge in [-0.3, -0.25) is 4.99 Å². The van der Waals surface area contributed by atoms with Gasteiger partial charge in [-0.1, -0.05) is 20.8 Å². The zero-order chi connectivity index (χ0) is 12.3. The largest absolute Gasteiger partial charge is 0.504 e. The van der Waals surface area contributed by atoms with Gasteiger partial charge in [0.25, 0.3) is 0 Å². The van der Waals surface area contributed by atoms with Crippen LogP contribution in [0, 0.1) is 11.8 Å². The third-order valence-corrected chi connectivity index (χ3v) is 2.88. The van der Waals surface area contributed by atoms with E-state index in [1.165, 1.54) is 12.3 Å². The quantitative estimate of drug-likeness (QED) is 0.819. The lowest BCUT2D eigenvalue weighted by Gasteiger charge is -2.12. The van der Waals surface area contributed by atoms with Crippen molar-refractivity contribution < 1.29 is 10.2 Å². The normalized spacial score (nSPS) is 14.4. The predicted octanol–water partition coefficient (Wildman–Crippen LogP) is 1.63. The van der Waals surface area contributed by atoms with Gasteiger partial charge in [0.1, 0.15) is 5.49 Å². The van der Waals surface area contributed by atoms with E-state index in [9.17, 15) is 10.2 Å². The summed E-state index contributed by atoms with van der Waals surface area (Å²) < 4.78 is 1.70. The van der Waals surface area contributed by atoms with Crippen molar-refractivity contribution in [3.63, 3.8) is 0 Å². The molecule has 0 saturated heterocycles. The summed E-state index contributed by atoms with van der Waals surface area (Å²) in [6.45, 7) is 7.19. The van der Waals surface area contributed by atoms with Crippen LogP contribution in [-0.4, -0.2) is 21.3 Å². The van der Waals surface area contributed by atoms with Crippen LogP contribution in [0.4, 0.5) is 0 Å². The molecule has 1 rings (SSSR count). The molecule has 0 bridgehead atoms. The Morgan fingerprint density at radius 1 is 1.25 bits per heavy atom. The highest BCUT2D eigenvalue weighted by atomic mass is 16.3. The van der Waals surface area contributed by atoms with Crippen molar-refractivity contribution in [2.45, 2.75) is 20.8 Å². The first-order valence-electron chi connectivity index (χ1n) is 5.51. The lowest BCUT2D eigenvalue weighted by molar-refractivity contribution is 0.395. The highest BCUT2D eigenvalue weighted by molar-refractivity contribution is 5.33. The van der Waals surface area contributed by atoms with Crippen molar-refractivity contribution in [2.24, 2.45) is 23.9 Å². The van der Waals surface area contributed by atoms with E-state index in [1.807, 2.05) is 0 Å². The standard InChI is InChI=1S/C12H20N2O2/c1-8(2)9(3)6-13-12-5-10(15)11(16)7-14(12)4/h5,7-9,15-16H,6H2,1-4H3/b13-12-/t9-/m1/s1. The molecule has 0 amide bonds. The second-order valence-corrected chi connectivity index (χ2v) is 4.58. The van der Waals surface area contributed by atoms with Crippen LogP contribution in [0.5, 0.6) is 11.5 Å². The van der Waals surface area contributed by atoms with Gasteiger partial charge in [0.15, 0.2) is 11.5 Å². The summed E-state index contributed by atoms with van der Waals surface area (Å²) in [4.78, 5) is 4.42. The Hall–Kier alpha value is -1.45. The maximum absolute atomic E-state index is 9.38. The summed E-state index contributed by atoms with van der Waals surface area (Å²) in [6.07, 6.45) is 1.45. The number of rotatable bonds is 3. The Bertz CT molecular complexity index is 422. The van der Waals surface area contributed by atoms with Crippen LogP contribution >= 0.6 is 0 Å². The van der Waals surface area contributed by atoms with E-state index in [2.05, 4.69) is 25.8 Å². The molecule has 0 unspecified atom stereocenters. The molecule has 0 fully saturated rings. The molecule has 0 spiro atoms. The summed E-state index contributed by atoms with van der Waals surface area (Å²) >= 11 is 0. The number of hydrogen-bond acceptors (Lipinski definition) is 3. The maximum Gasteiger partial charge on any atom is 0.174 e. The Morgan fingerprint density at radius 3 is 2.44 bits per heavy atom. The van der Waals surface area contributed by atoms with E-state index in [-0.39, 0.29) is 11.5 Å². The first-order chi connectivity index (χ1) is 7.41. The Kier molecular flexibility index (Phi) is 3.99. The molecule has 1 heterocycles. The highest BCUT2D eigenvalue weighted by Gasteiger charge is 2.06. The van der Waals surface area contributed by atoms with Crippen molar-refractivity contribution in [1.29, 1.82) is 0 Å². The fourth-order valence-corrected chi connectivity index (χ4v) is 1.22. The molecular weight excluding hydrogens is 204 g/mol. The maximum atomic E-state index is 9.38. The Balaban J connectivity index is 2.96. The fourth-order valence-electron chi connectivity index (χ4n) is 1.22. The second kappa shape index (κ2) is 5.05. The summed E-state index contributed by atoms with van der Waals surface area (Å²) in [6, 6.07) is 1.47. The van der Waals surface area contributed by atoms with Gasteiger partial charge in [0.05, 0.1) is 6.20 Å². The van der Waals surface area contributed by atoms with E-state index in [0.717, 1.165) is 6.54 Å².